The van der Waals surface area contributed by atoms with Crippen molar-refractivity contribution in [2.45, 2.75) is 85.7 Å². The SMILES string of the molecule is C.CC(C)[C@H](CN1CCC(C2C=CC(Cl)=CC2)C(C)(C)C1)NC[C@@H](N)C1=CCCCC1.O.O.O. The van der Waals surface area contributed by atoms with E-state index >= 15 is 0 Å². The van der Waals surface area contributed by atoms with Gasteiger partial charge in [-0.15, -0.1) is 0 Å². The van der Waals surface area contributed by atoms with Crippen LogP contribution in [-0.2, 0) is 0 Å². The molecule has 0 spiro atoms. The maximum Gasteiger partial charge on any atom is 0.0380 e. The van der Waals surface area contributed by atoms with Crippen LogP contribution in [0.5, 0.6) is 0 Å². The average Bonchev–Trinajstić information content (AvgIpc) is 2.71. The molecule has 9 N–H and O–H groups in total. The second kappa shape index (κ2) is 16.1. The molecular weight excluding hydrogens is 450 g/mol. The monoisotopic (exact) mass is 503 g/mol. The van der Waals surface area contributed by atoms with Gasteiger partial charge in [-0.25, -0.2) is 0 Å². The molecule has 1 heterocycles. The Morgan fingerprint density at radius 2 is 1.88 bits per heavy atom. The first-order valence-electron chi connectivity index (χ1n) is 12.2. The summed E-state index contributed by atoms with van der Waals surface area (Å²) in [4.78, 5) is 2.69. The van der Waals surface area contributed by atoms with Crippen LogP contribution in [-0.4, -0.2) is 59.6 Å². The zero-order chi connectivity index (χ0) is 21.7. The lowest BCUT2D eigenvalue weighted by atomic mass is 9.66. The molecule has 1 fully saturated rings. The minimum atomic E-state index is 0. The van der Waals surface area contributed by atoms with Gasteiger partial charge in [0.2, 0.25) is 0 Å². The molecule has 2 unspecified atom stereocenters. The van der Waals surface area contributed by atoms with E-state index in [2.05, 4.69) is 62.2 Å². The topological polar surface area (TPSA) is 136 Å². The van der Waals surface area contributed by atoms with Crippen LogP contribution in [0.2, 0.25) is 0 Å². The Morgan fingerprint density at radius 1 is 1.18 bits per heavy atom. The molecule has 2 aliphatic carbocycles. The summed E-state index contributed by atoms with van der Waals surface area (Å²) < 4.78 is 0. The molecule has 3 rings (SSSR count). The number of nitrogens with one attached hydrogen (secondary N) is 1. The highest BCUT2D eigenvalue weighted by molar-refractivity contribution is 6.31. The van der Waals surface area contributed by atoms with Crippen LogP contribution in [0.15, 0.2) is 34.9 Å². The van der Waals surface area contributed by atoms with Crippen LogP contribution < -0.4 is 11.1 Å². The van der Waals surface area contributed by atoms with Gasteiger partial charge in [0.25, 0.3) is 0 Å². The van der Waals surface area contributed by atoms with Crippen molar-refractivity contribution in [1.82, 2.24) is 10.2 Å². The summed E-state index contributed by atoms with van der Waals surface area (Å²) in [7, 11) is 0. The van der Waals surface area contributed by atoms with Crippen molar-refractivity contribution in [1.29, 1.82) is 0 Å². The first kappa shape index (κ1) is 35.4. The Kier molecular flexibility index (Phi) is 16.8. The number of nitrogens with two attached hydrogens (primary N) is 1. The zero-order valence-electron chi connectivity index (χ0n) is 21.2. The van der Waals surface area contributed by atoms with E-state index in [1.165, 1.54) is 50.8 Å². The summed E-state index contributed by atoms with van der Waals surface area (Å²) in [6.07, 6.45) is 16.4. The quantitative estimate of drug-likeness (QED) is 0.489. The maximum atomic E-state index is 6.52. The third-order valence-corrected chi connectivity index (χ3v) is 7.94. The zero-order valence-corrected chi connectivity index (χ0v) is 21.9. The second-order valence-electron chi connectivity index (χ2n) is 10.9. The Hall–Kier alpha value is -0.730. The minimum absolute atomic E-state index is 0. The van der Waals surface area contributed by atoms with Crippen molar-refractivity contribution < 1.29 is 16.4 Å². The number of halogens is 1. The van der Waals surface area contributed by atoms with Crippen LogP contribution in [0.25, 0.3) is 0 Å². The van der Waals surface area contributed by atoms with E-state index in [0.29, 0.717) is 23.3 Å². The van der Waals surface area contributed by atoms with Crippen LogP contribution in [0.1, 0.15) is 73.6 Å². The van der Waals surface area contributed by atoms with Crippen LogP contribution in [0.3, 0.4) is 0 Å². The highest BCUT2D eigenvalue weighted by atomic mass is 35.5. The normalized spacial score (nSPS) is 26.0. The molecule has 0 saturated carbocycles. The fraction of sp³-hybridized carbons (Fsp3) is 0.778. The summed E-state index contributed by atoms with van der Waals surface area (Å²) in [6.45, 7) is 14.0. The Bertz CT molecular complexity index is 664. The van der Waals surface area contributed by atoms with Gasteiger partial charge in [-0.2, -0.15) is 0 Å². The molecule has 0 bridgehead atoms. The molecule has 202 valence electrons. The van der Waals surface area contributed by atoms with Gasteiger partial charge in [-0.05, 0) is 74.3 Å². The molecule has 0 aromatic carbocycles. The van der Waals surface area contributed by atoms with E-state index in [4.69, 9.17) is 17.3 Å². The summed E-state index contributed by atoms with van der Waals surface area (Å²) in [5, 5.41) is 4.73. The van der Waals surface area contributed by atoms with E-state index in [9.17, 15) is 0 Å². The maximum absolute atomic E-state index is 6.52. The Balaban J connectivity index is 0. The van der Waals surface area contributed by atoms with E-state index in [1.807, 2.05) is 0 Å². The summed E-state index contributed by atoms with van der Waals surface area (Å²) in [5.74, 6) is 1.96. The molecule has 1 aliphatic heterocycles. The molecule has 7 heteroatoms. The van der Waals surface area contributed by atoms with Gasteiger partial charge in [0, 0.05) is 36.8 Å². The largest absolute Gasteiger partial charge is 0.412 e. The lowest BCUT2D eigenvalue weighted by molar-refractivity contribution is 0.0252. The van der Waals surface area contributed by atoms with Crippen LogP contribution in [0.4, 0.5) is 0 Å². The molecular formula is C27H54ClN3O3. The smallest absolute Gasteiger partial charge is 0.0380 e. The lowest BCUT2D eigenvalue weighted by Gasteiger charge is -2.48. The number of rotatable bonds is 8. The molecule has 4 atom stereocenters. The molecule has 0 radical (unpaired) electrons. The van der Waals surface area contributed by atoms with Crippen molar-refractivity contribution in [2.24, 2.45) is 28.9 Å². The van der Waals surface area contributed by atoms with Gasteiger partial charge in [0.15, 0.2) is 0 Å². The van der Waals surface area contributed by atoms with E-state index in [-0.39, 0.29) is 29.9 Å². The summed E-state index contributed by atoms with van der Waals surface area (Å²) in [6, 6.07) is 0.663. The number of hydrogen-bond donors (Lipinski definition) is 2. The van der Waals surface area contributed by atoms with Crippen LogP contribution in [0, 0.1) is 23.2 Å². The molecule has 6 nitrogen and oxygen atoms in total. The van der Waals surface area contributed by atoms with Crippen molar-refractivity contribution in [3.05, 3.63) is 34.9 Å². The number of likely N-dealkylation sites (tertiary alicyclic amines) is 1. The number of allylic oxidation sites excluding steroid dienone is 5. The van der Waals surface area contributed by atoms with Gasteiger partial charge < -0.3 is 32.4 Å². The third-order valence-electron chi connectivity index (χ3n) is 7.66. The first-order chi connectivity index (χ1) is 14.3. The first-order valence-corrected chi connectivity index (χ1v) is 12.6. The predicted molar refractivity (Wildman–Crippen MR) is 148 cm³/mol. The fourth-order valence-corrected chi connectivity index (χ4v) is 5.90. The van der Waals surface area contributed by atoms with Crippen molar-refractivity contribution in [3.63, 3.8) is 0 Å². The molecule has 0 aromatic heterocycles. The second-order valence-corrected chi connectivity index (χ2v) is 11.3. The van der Waals surface area contributed by atoms with Gasteiger partial charge in [0.05, 0.1) is 0 Å². The fourth-order valence-electron chi connectivity index (χ4n) is 5.74. The summed E-state index contributed by atoms with van der Waals surface area (Å²) >= 11 is 6.15. The van der Waals surface area contributed by atoms with E-state index in [0.717, 1.165) is 30.5 Å². The van der Waals surface area contributed by atoms with Crippen molar-refractivity contribution >= 4 is 11.6 Å². The van der Waals surface area contributed by atoms with Gasteiger partial charge in [0.1, 0.15) is 0 Å². The summed E-state index contributed by atoms with van der Waals surface area (Å²) in [5.41, 5.74) is 8.30. The minimum Gasteiger partial charge on any atom is -0.412 e. The lowest BCUT2D eigenvalue weighted by Crippen LogP contribution is -2.54. The molecule has 0 aromatic rings. The molecule has 1 saturated heterocycles. The third kappa shape index (κ3) is 9.73. The van der Waals surface area contributed by atoms with Gasteiger partial charge in [-0.3, -0.25) is 0 Å². The number of hydrogen-bond acceptors (Lipinski definition) is 3. The molecule has 34 heavy (non-hydrogen) atoms. The predicted octanol–water partition coefficient (Wildman–Crippen LogP) is 3.64. The number of nitrogens with zero attached hydrogens (tertiary/aromatic N) is 1. The highest BCUT2D eigenvalue weighted by Crippen LogP contribution is 2.43. The highest BCUT2D eigenvalue weighted by Gasteiger charge is 2.40. The number of piperidine rings is 1. The Labute approximate surface area is 214 Å². The van der Waals surface area contributed by atoms with Crippen LogP contribution >= 0.6 is 11.6 Å². The van der Waals surface area contributed by atoms with Crippen molar-refractivity contribution in [2.75, 3.05) is 26.2 Å². The van der Waals surface area contributed by atoms with Gasteiger partial charge >= 0.3 is 0 Å². The van der Waals surface area contributed by atoms with E-state index in [1.54, 1.807) is 0 Å². The molecule has 0 amide bonds. The van der Waals surface area contributed by atoms with Gasteiger partial charge in [-0.1, -0.05) is 70.5 Å². The average molecular weight is 504 g/mol. The van der Waals surface area contributed by atoms with E-state index < -0.39 is 0 Å². The standard InChI is InChI=1S/C26H44ClN3.CH4.3H2O/c1-19(2)25(29-16-24(28)21-8-6-5-7-9-21)17-30-15-14-23(26(3,4)18-30)20-10-12-22(27)13-11-20;;;;/h8,10,12-13,19-20,23-25,29H,5-7,9,11,14-18,28H2,1-4H3;1H4;3*1H2/t20?,23?,24-,25+;;;;/m1..../s1. The van der Waals surface area contributed by atoms with Crippen molar-refractivity contribution in [3.8, 4) is 0 Å². The Morgan fingerprint density at radius 3 is 2.41 bits per heavy atom. The molecule has 3 aliphatic rings.